The number of aryl methyl sites for hydroxylation is 1. The summed E-state index contributed by atoms with van der Waals surface area (Å²) in [5.74, 6) is 0.478. The second kappa shape index (κ2) is 8.11. The summed E-state index contributed by atoms with van der Waals surface area (Å²) < 4.78 is 44.0. The number of carbonyl (C=O) groups excluding carboxylic acids is 1. The first-order valence-electron chi connectivity index (χ1n) is 7.37. The zero-order valence-electron chi connectivity index (χ0n) is 13.3. The van der Waals surface area contributed by atoms with E-state index in [1.807, 2.05) is 13.0 Å². The van der Waals surface area contributed by atoms with Crippen LogP contribution < -0.4 is 15.4 Å². The minimum atomic E-state index is -4.55. The molecule has 8 heteroatoms. The van der Waals surface area contributed by atoms with Gasteiger partial charge in [-0.2, -0.15) is 13.2 Å². The molecule has 0 aliphatic heterocycles. The molecular formula is C17H16ClF3N2O2. The third-order valence-corrected chi connectivity index (χ3v) is 3.52. The maximum absolute atomic E-state index is 12.9. The molecule has 0 unspecified atom stereocenters. The number of alkyl halides is 3. The Morgan fingerprint density at radius 2 is 1.92 bits per heavy atom. The van der Waals surface area contributed by atoms with E-state index in [1.165, 1.54) is 18.2 Å². The third kappa shape index (κ3) is 5.56. The highest BCUT2D eigenvalue weighted by atomic mass is 35.5. The van der Waals surface area contributed by atoms with Gasteiger partial charge in [0.2, 0.25) is 0 Å². The van der Waals surface area contributed by atoms with E-state index in [-0.39, 0.29) is 18.8 Å². The van der Waals surface area contributed by atoms with E-state index in [1.54, 1.807) is 12.1 Å². The molecule has 2 rings (SSSR count). The molecule has 0 fully saturated rings. The second-order valence-electron chi connectivity index (χ2n) is 5.21. The molecule has 2 aromatic rings. The molecule has 0 radical (unpaired) electrons. The lowest BCUT2D eigenvalue weighted by Crippen LogP contribution is -2.32. The normalized spacial score (nSPS) is 11.1. The molecule has 0 saturated carbocycles. The number of benzene rings is 2. The van der Waals surface area contributed by atoms with Crippen LogP contribution in [0.1, 0.15) is 11.1 Å². The van der Waals surface area contributed by atoms with Gasteiger partial charge in [-0.1, -0.05) is 29.8 Å². The van der Waals surface area contributed by atoms with Crippen molar-refractivity contribution in [3.63, 3.8) is 0 Å². The number of hydrogen-bond acceptors (Lipinski definition) is 2. The molecule has 2 N–H and O–H groups in total. The summed E-state index contributed by atoms with van der Waals surface area (Å²) in [6.45, 7) is 2.11. The summed E-state index contributed by atoms with van der Waals surface area (Å²) in [6.07, 6.45) is -4.55. The summed E-state index contributed by atoms with van der Waals surface area (Å²) in [5, 5.41) is 5.05. The number of urea groups is 1. The SMILES string of the molecule is Cc1ccc(Cl)c(OCCNC(=O)Nc2ccccc2C(F)(F)F)c1. The largest absolute Gasteiger partial charge is 0.490 e. The molecule has 25 heavy (non-hydrogen) atoms. The zero-order chi connectivity index (χ0) is 18.4. The molecule has 4 nitrogen and oxygen atoms in total. The lowest BCUT2D eigenvalue weighted by Gasteiger charge is -2.14. The number of hydrogen-bond donors (Lipinski definition) is 2. The van der Waals surface area contributed by atoms with Gasteiger partial charge in [0.15, 0.2) is 0 Å². The van der Waals surface area contributed by atoms with Crippen molar-refractivity contribution in [2.45, 2.75) is 13.1 Å². The predicted octanol–water partition coefficient (Wildman–Crippen LogP) is 4.87. The average Bonchev–Trinajstić information content (AvgIpc) is 2.54. The van der Waals surface area contributed by atoms with E-state index in [9.17, 15) is 18.0 Å². The number of anilines is 1. The number of ether oxygens (including phenoxy) is 1. The fourth-order valence-electron chi connectivity index (χ4n) is 2.05. The zero-order valence-corrected chi connectivity index (χ0v) is 14.0. The minimum absolute atomic E-state index is 0.101. The Kier molecular flexibility index (Phi) is 6.14. The van der Waals surface area contributed by atoms with E-state index >= 15 is 0 Å². The first kappa shape index (κ1) is 18.9. The highest BCUT2D eigenvalue weighted by molar-refractivity contribution is 6.32. The number of halogens is 4. The molecule has 0 heterocycles. The summed E-state index contributed by atoms with van der Waals surface area (Å²) in [7, 11) is 0. The van der Waals surface area contributed by atoms with Crippen molar-refractivity contribution in [3.8, 4) is 5.75 Å². The van der Waals surface area contributed by atoms with Gasteiger partial charge < -0.3 is 15.4 Å². The molecule has 0 aromatic heterocycles. The van der Waals surface area contributed by atoms with Crippen LogP contribution in [0.3, 0.4) is 0 Å². The van der Waals surface area contributed by atoms with Crippen molar-refractivity contribution in [1.29, 1.82) is 0 Å². The summed E-state index contributed by atoms with van der Waals surface area (Å²) in [4.78, 5) is 11.8. The van der Waals surface area contributed by atoms with Gasteiger partial charge in [-0.05, 0) is 36.8 Å². The molecule has 2 aromatic carbocycles. The van der Waals surface area contributed by atoms with Gasteiger partial charge in [-0.3, -0.25) is 0 Å². The van der Waals surface area contributed by atoms with Crippen LogP contribution in [0.2, 0.25) is 5.02 Å². The predicted molar refractivity (Wildman–Crippen MR) is 90.1 cm³/mol. The van der Waals surface area contributed by atoms with Crippen molar-refractivity contribution in [2.75, 3.05) is 18.5 Å². The van der Waals surface area contributed by atoms with Crippen LogP contribution in [0.15, 0.2) is 42.5 Å². The Balaban J connectivity index is 1.85. The lowest BCUT2D eigenvalue weighted by molar-refractivity contribution is -0.136. The molecule has 2 amide bonds. The number of rotatable bonds is 5. The maximum Gasteiger partial charge on any atom is 0.418 e. The summed E-state index contributed by atoms with van der Waals surface area (Å²) >= 11 is 5.97. The molecule has 0 bridgehead atoms. The minimum Gasteiger partial charge on any atom is -0.490 e. The monoisotopic (exact) mass is 372 g/mol. The Morgan fingerprint density at radius 3 is 2.64 bits per heavy atom. The van der Waals surface area contributed by atoms with Gasteiger partial charge in [0, 0.05) is 0 Å². The Hall–Kier alpha value is -2.41. The van der Waals surface area contributed by atoms with E-state index in [0.29, 0.717) is 10.8 Å². The fourth-order valence-corrected chi connectivity index (χ4v) is 2.22. The lowest BCUT2D eigenvalue weighted by atomic mass is 10.1. The van der Waals surface area contributed by atoms with Crippen molar-refractivity contribution in [3.05, 3.63) is 58.6 Å². The first-order valence-corrected chi connectivity index (χ1v) is 7.75. The van der Waals surface area contributed by atoms with E-state index < -0.39 is 17.8 Å². The summed E-state index contributed by atoms with van der Waals surface area (Å²) in [6, 6.07) is 9.28. The quantitative estimate of drug-likeness (QED) is 0.736. The highest BCUT2D eigenvalue weighted by Crippen LogP contribution is 2.34. The first-order chi connectivity index (χ1) is 11.8. The van der Waals surface area contributed by atoms with Gasteiger partial charge in [-0.15, -0.1) is 0 Å². The van der Waals surface area contributed by atoms with Gasteiger partial charge in [0.1, 0.15) is 12.4 Å². The van der Waals surface area contributed by atoms with Crippen molar-refractivity contribution < 1.29 is 22.7 Å². The van der Waals surface area contributed by atoms with Crippen LogP contribution in [0.5, 0.6) is 5.75 Å². The smallest absolute Gasteiger partial charge is 0.418 e. The van der Waals surface area contributed by atoms with Crippen molar-refractivity contribution in [1.82, 2.24) is 5.32 Å². The van der Waals surface area contributed by atoms with Gasteiger partial charge in [-0.25, -0.2) is 4.79 Å². The Labute approximate surface area is 147 Å². The van der Waals surface area contributed by atoms with Gasteiger partial charge >= 0.3 is 12.2 Å². The number of amides is 2. The van der Waals surface area contributed by atoms with Gasteiger partial charge in [0.05, 0.1) is 22.8 Å². The molecular weight excluding hydrogens is 357 g/mol. The molecule has 0 atom stereocenters. The molecule has 0 saturated heterocycles. The summed E-state index contributed by atoms with van der Waals surface area (Å²) in [5.41, 5.74) is -0.253. The Bertz CT molecular complexity index is 751. The van der Waals surface area contributed by atoms with E-state index in [0.717, 1.165) is 11.6 Å². The van der Waals surface area contributed by atoms with Crippen LogP contribution >= 0.6 is 11.6 Å². The van der Waals surface area contributed by atoms with Crippen molar-refractivity contribution in [2.24, 2.45) is 0 Å². The van der Waals surface area contributed by atoms with Crippen molar-refractivity contribution >= 4 is 23.3 Å². The molecule has 0 spiro atoms. The standard InChI is InChI=1S/C17H16ClF3N2O2/c1-11-6-7-13(18)15(10-11)25-9-8-22-16(24)23-14-5-3-2-4-12(14)17(19,20)21/h2-7,10H,8-9H2,1H3,(H2,22,23,24). The average molecular weight is 373 g/mol. The van der Waals surface area contributed by atoms with E-state index in [2.05, 4.69) is 10.6 Å². The van der Waals surface area contributed by atoms with Crippen LogP contribution in [-0.2, 0) is 6.18 Å². The number of carbonyl (C=O) groups is 1. The van der Waals surface area contributed by atoms with E-state index in [4.69, 9.17) is 16.3 Å². The Morgan fingerprint density at radius 1 is 1.20 bits per heavy atom. The van der Waals surface area contributed by atoms with Crippen LogP contribution in [-0.4, -0.2) is 19.2 Å². The van der Waals surface area contributed by atoms with Crippen LogP contribution in [0, 0.1) is 6.92 Å². The highest BCUT2D eigenvalue weighted by Gasteiger charge is 2.33. The molecule has 0 aliphatic carbocycles. The topological polar surface area (TPSA) is 50.4 Å². The maximum atomic E-state index is 12.9. The van der Waals surface area contributed by atoms with Gasteiger partial charge in [0.25, 0.3) is 0 Å². The molecule has 134 valence electrons. The van der Waals surface area contributed by atoms with Crippen LogP contribution in [0.4, 0.5) is 23.7 Å². The number of nitrogens with one attached hydrogen (secondary N) is 2. The third-order valence-electron chi connectivity index (χ3n) is 3.21. The second-order valence-corrected chi connectivity index (χ2v) is 5.61. The fraction of sp³-hybridized carbons (Fsp3) is 0.235. The molecule has 0 aliphatic rings. The van der Waals surface area contributed by atoms with Crippen LogP contribution in [0.25, 0.3) is 0 Å². The number of para-hydroxylation sites is 1.